The molecule has 2 rings (SSSR count). The van der Waals surface area contributed by atoms with Crippen LogP contribution in [0.2, 0.25) is 5.15 Å². The van der Waals surface area contributed by atoms with Gasteiger partial charge in [-0.25, -0.2) is 4.98 Å². The lowest BCUT2D eigenvalue weighted by molar-refractivity contribution is -0.157. The number of carboxylic acid groups (broad SMARTS) is 1. The Morgan fingerprint density at radius 3 is 2.94 bits per heavy atom. The molecule has 1 saturated heterocycles. The van der Waals surface area contributed by atoms with Crippen molar-refractivity contribution in [1.29, 1.82) is 0 Å². The predicted octanol–water partition coefficient (Wildman–Crippen LogP) is 2.16. The monoisotopic (exact) mass is 255 g/mol. The van der Waals surface area contributed by atoms with E-state index in [2.05, 4.69) is 4.98 Å². The molecule has 2 heterocycles. The zero-order valence-corrected chi connectivity index (χ0v) is 10.1. The van der Waals surface area contributed by atoms with Gasteiger partial charge in [-0.1, -0.05) is 17.7 Å². The van der Waals surface area contributed by atoms with E-state index in [1.54, 1.807) is 12.3 Å². The number of nitrogens with zero attached hydrogens (tertiary/aromatic N) is 1. The summed E-state index contributed by atoms with van der Waals surface area (Å²) in [6.07, 6.45) is 3.49. The highest BCUT2D eigenvalue weighted by Gasteiger charge is 2.40. The van der Waals surface area contributed by atoms with Crippen LogP contribution in [0.25, 0.3) is 0 Å². The van der Waals surface area contributed by atoms with Crippen LogP contribution in [0.1, 0.15) is 18.4 Å². The average molecular weight is 256 g/mol. The Morgan fingerprint density at radius 1 is 1.59 bits per heavy atom. The van der Waals surface area contributed by atoms with Crippen LogP contribution < -0.4 is 0 Å². The van der Waals surface area contributed by atoms with E-state index in [1.807, 2.05) is 6.07 Å². The van der Waals surface area contributed by atoms with Crippen molar-refractivity contribution in [2.24, 2.45) is 5.41 Å². The van der Waals surface area contributed by atoms with Crippen LogP contribution in [0.4, 0.5) is 0 Å². The molecule has 92 valence electrons. The maximum atomic E-state index is 11.4. The molecule has 1 atom stereocenters. The highest BCUT2D eigenvalue weighted by Crippen LogP contribution is 2.32. The van der Waals surface area contributed by atoms with Crippen molar-refractivity contribution in [3.63, 3.8) is 0 Å². The summed E-state index contributed by atoms with van der Waals surface area (Å²) >= 11 is 5.70. The SMILES string of the molecule is O=C(O)C1(Cc2ccc(Cl)nc2)CCCOC1. The van der Waals surface area contributed by atoms with Gasteiger partial charge in [0.15, 0.2) is 0 Å². The van der Waals surface area contributed by atoms with Gasteiger partial charge < -0.3 is 9.84 Å². The third-order valence-corrected chi connectivity index (χ3v) is 3.33. The Morgan fingerprint density at radius 2 is 2.41 bits per heavy atom. The first kappa shape index (κ1) is 12.3. The van der Waals surface area contributed by atoms with Crippen molar-refractivity contribution in [3.05, 3.63) is 29.0 Å². The van der Waals surface area contributed by atoms with Crippen molar-refractivity contribution in [2.75, 3.05) is 13.2 Å². The number of aliphatic carboxylic acids is 1. The molecule has 0 bridgehead atoms. The van der Waals surface area contributed by atoms with E-state index in [9.17, 15) is 9.90 Å². The summed E-state index contributed by atoms with van der Waals surface area (Å²) in [4.78, 5) is 15.4. The number of carbonyl (C=O) groups is 1. The molecule has 0 radical (unpaired) electrons. The molecule has 4 nitrogen and oxygen atoms in total. The molecule has 0 aromatic carbocycles. The summed E-state index contributed by atoms with van der Waals surface area (Å²) in [6, 6.07) is 3.49. The second kappa shape index (κ2) is 5.02. The van der Waals surface area contributed by atoms with Crippen LogP contribution in [0, 0.1) is 5.41 Å². The van der Waals surface area contributed by atoms with E-state index in [0.717, 1.165) is 12.0 Å². The fourth-order valence-corrected chi connectivity index (χ4v) is 2.25. The zero-order chi connectivity index (χ0) is 12.3. The Bertz CT molecular complexity index is 399. The smallest absolute Gasteiger partial charge is 0.312 e. The van der Waals surface area contributed by atoms with E-state index in [1.165, 1.54) is 0 Å². The Balaban J connectivity index is 2.17. The van der Waals surface area contributed by atoms with Gasteiger partial charge in [0.2, 0.25) is 0 Å². The molecule has 0 aliphatic carbocycles. The summed E-state index contributed by atoms with van der Waals surface area (Å²) in [5, 5.41) is 9.79. The van der Waals surface area contributed by atoms with Crippen molar-refractivity contribution < 1.29 is 14.6 Å². The number of halogens is 1. The van der Waals surface area contributed by atoms with Crippen LogP contribution in [0.3, 0.4) is 0 Å². The van der Waals surface area contributed by atoms with Gasteiger partial charge in [-0.05, 0) is 30.9 Å². The minimum atomic E-state index is -0.812. The zero-order valence-electron chi connectivity index (χ0n) is 9.36. The van der Waals surface area contributed by atoms with E-state index >= 15 is 0 Å². The van der Waals surface area contributed by atoms with Crippen LogP contribution >= 0.6 is 11.6 Å². The minimum absolute atomic E-state index is 0.269. The number of aromatic nitrogens is 1. The summed E-state index contributed by atoms with van der Waals surface area (Å²) in [5.41, 5.74) is 0.0654. The van der Waals surface area contributed by atoms with Gasteiger partial charge in [-0.2, -0.15) is 0 Å². The first-order chi connectivity index (χ1) is 8.12. The number of carboxylic acids is 1. The molecule has 1 aromatic heterocycles. The highest BCUT2D eigenvalue weighted by atomic mass is 35.5. The van der Waals surface area contributed by atoms with Gasteiger partial charge in [0.25, 0.3) is 0 Å². The summed E-state index contributed by atoms with van der Waals surface area (Å²) in [5.74, 6) is -0.799. The fourth-order valence-electron chi connectivity index (χ4n) is 2.14. The molecular weight excluding hydrogens is 242 g/mol. The Labute approximate surface area is 105 Å². The van der Waals surface area contributed by atoms with Gasteiger partial charge in [0.1, 0.15) is 5.15 Å². The van der Waals surface area contributed by atoms with Crippen molar-refractivity contribution in [3.8, 4) is 0 Å². The van der Waals surface area contributed by atoms with Gasteiger partial charge in [-0.3, -0.25) is 4.79 Å². The Kier molecular flexibility index (Phi) is 3.64. The standard InChI is InChI=1S/C12H14ClNO3/c13-10-3-2-9(7-14-10)6-12(11(15)16)4-1-5-17-8-12/h2-3,7H,1,4-6,8H2,(H,15,16). The van der Waals surface area contributed by atoms with Crippen LogP contribution in [-0.4, -0.2) is 29.3 Å². The number of pyridine rings is 1. The van der Waals surface area contributed by atoms with Gasteiger partial charge in [-0.15, -0.1) is 0 Å². The molecule has 1 aliphatic rings. The second-order valence-corrected chi connectivity index (χ2v) is 4.79. The second-order valence-electron chi connectivity index (χ2n) is 4.41. The molecule has 0 spiro atoms. The maximum Gasteiger partial charge on any atom is 0.312 e. The molecule has 1 aromatic rings. The number of hydrogen-bond donors (Lipinski definition) is 1. The third kappa shape index (κ3) is 2.76. The number of rotatable bonds is 3. The summed E-state index contributed by atoms with van der Waals surface area (Å²) in [6.45, 7) is 0.916. The molecule has 1 N–H and O–H groups in total. The first-order valence-corrected chi connectivity index (χ1v) is 5.92. The maximum absolute atomic E-state index is 11.4. The molecule has 17 heavy (non-hydrogen) atoms. The van der Waals surface area contributed by atoms with Crippen LogP contribution in [0.15, 0.2) is 18.3 Å². The molecule has 1 aliphatic heterocycles. The topological polar surface area (TPSA) is 59.4 Å². The lowest BCUT2D eigenvalue weighted by atomic mass is 9.77. The lowest BCUT2D eigenvalue weighted by Gasteiger charge is -2.32. The lowest BCUT2D eigenvalue weighted by Crippen LogP contribution is -2.41. The molecule has 0 saturated carbocycles. The van der Waals surface area contributed by atoms with Crippen molar-refractivity contribution in [1.82, 2.24) is 4.98 Å². The highest BCUT2D eigenvalue weighted by molar-refractivity contribution is 6.29. The fraction of sp³-hybridized carbons (Fsp3) is 0.500. The van der Waals surface area contributed by atoms with E-state index in [4.69, 9.17) is 16.3 Å². The molecular formula is C12H14ClNO3. The van der Waals surface area contributed by atoms with E-state index in [-0.39, 0.29) is 6.61 Å². The van der Waals surface area contributed by atoms with Gasteiger partial charge >= 0.3 is 5.97 Å². The van der Waals surface area contributed by atoms with Crippen LogP contribution in [-0.2, 0) is 16.0 Å². The normalized spacial score (nSPS) is 24.5. The molecule has 1 unspecified atom stereocenters. The van der Waals surface area contributed by atoms with E-state index in [0.29, 0.717) is 24.6 Å². The predicted molar refractivity (Wildman–Crippen MR) is 63.1 cm³/mol. The van der Waals surface area contributed by atoms with Gasteiger partial charge in [0, 0.05) is 12.8 Å². The van der Waals surface area contributed by atoms with Gasteiger partial charge in [0.05, 0.1) is 12.0 Å². The van der Waals surface area contributed by atoms with E-state index < -0.39 is 11.4 Å². The Hall–Kier alpha value is -1.13. The molecule has 1 fully saturated rings. The minimum Gasteiger partial charge on any atom is -0.481 e. The van der Waals surface area contributed by atoms with Crippen molar-refractivity contribution >= 4 is 17.6 Å². The molecule has 0 amide bonds. The largest absolute Gasteiger partial charge is 0.481 e. The molecule has 5 heteroatoms. The summed E-state index contributed by atoms with van der Waals surface area (Å²) < 4.78 is 5.32. The number of ether oxygens (including phenoxy) is 1. The third-order valence-electron chi connectivity index (χ3n) is 3.11. The van der Waals surface area contributed by atoms with Crippen molar-refractivity contribution in [2.45, 2.75) is 19.3 Å². The average Bonchev–Trinajstić information content (AvgIpc) is 2.33. The quantitative estimate of drug-likeness (QED) is 0.841. The first-order valence-electron chi connectivity index (χ1n) is 5.54. The van der Waals surface area contributed by atoms with Crippen LogP contribution in [0.5, 0.6) is 0 Å². The number of hydrogen-bond acceptors (Lipinski definition) is 3. The summed E-state index contributed by atoms with van der Waals surface area (Å²) in [7, 11) is 0.